The van der Waals surface area contributed by atoms with Crippen molar-refractivity contribution in [3.8, 4) is 0 Å². The van der Waals surface area contributed by atoms with Crippen molar-refractivity contribution in [3.63, 3.8) is 0 Å². The molecule has 5 nitrogen and oxygen atoms in total. The second-order valence-corrected chi connectivity index (χ2v) is 5.21. The first-order valence-corrected chi connectivity index (χ1v) is 6.43. The van der Waals surface area contributed by atoms with E-state index >= 15 is 0 Å². The third kappa shape index (κ3) is 2.51. The fraction of sp³-hybridized carbons (Fsp3) is 0.615. The standard InChI is InChI=1S/C13H21N3O2/c1-9(2)16-7-10(14)6-12(16)13(18)15-5-3-4-11(17)8-15/h6-7,9,11,17H,3-5,8,14H2,1-2H3. The van der Waals surface area contributed by atoms with Crippen molar-refractivity contribution in [1.29, 1.82) is 0 Å². The van der Waals surface area contributed by atoms with E-state index in [9.17, 15) is 9.90 Å². The summed E-state index contributed by atoms with van der Waals surface area (Å²) in [5, 5.41) is 9.63. The zero-order valence-corrected chi connectivity index (χ0v) is 11.0. The first-order valence-electron chi connectivity index (χ1n) is 6.43. The summed E-state index contributed by atoms with van der Waals surface area (Å²) >= 11 is 0. The molecule has 0 saturated carbocycles. The molecule has 1 unspecified atom stereocenters. The molecular weight excluding hydrogens is 230 g/mol. The molecule has 3 N–H and O–H groups in total. The number of amides is 1. The van der Waals surface area contributed by atoms with Crippen molar-refractivity contribution in [2.24, 2.45) is 0 Å². The van der Waals surface area contributed by atoms with Gasteiger partial charge in [0.05, 0.1) is 11.8 Å². The molecule has 1 fully saturated rings. The number of nitrogens with zero attached hydrogens (tertiary/aromatic N) is 2. The lowest BCUT2D eigenvalue weighted by Crippen LogP contribution is -2.42. The Bertz CT molecular complexity index is 439. The van der Waals surface area contributed by atoms with Crippen LogP contribution in [0.2, 0.25) is 0 Å². The van der Waals surface area contributed by atoms with Crippen LogP contribution in [0.3, 0.4) is 0 Å². The van der Waals surface area contributed by atoms with Gasteiger partial charge < -0.3 is 20.3 Å². The van der Waals surface area contributed by atoms with E-state index in [0.29, 0.717) is 24.5 Å². The van der Waals surface area contributed by atoms with Gasteiger partial charge in [0.25, 0.3) is 5.91 Å². The second-order valence-electron chi connectivity index (χ2n) is 5.21. The monoisotopic (exact) mass is 251 g/mol. The molecule has 0 aliphatic carbocycles. The summed E-state index contributed by atoms with van der Waals surface area (Å²) < 4.78 is 1.89. The Hall–Kier alpha value is -1.49. The average molecular weight is 251 g/mol. The summed E-state index contributed by atoms with van der Waals surface area (Å²) in [5.74, 6) is -0.0425. The number of nitrogen functional groups attached to an aromatic ring is 1. The van der Waals surface area contributed by atoms with E-state index in [-0.39, 0.29) is 11.9 Å². The van der Waals surface area contributed by atoms with Crippen molar-refractivity contribution in [2.45, 2.75) is 38.8 Å². The number of piperidine rings is 1. The number of carbonyl (C=O) groups is 1. The maximum absolute atomic E-state index is 12.4. The highest BCUT2D eigenvalue weighted by Crippen LogP contribution is 2.20. The molecule has 1 aliphatic heterocycles. The number of hydrogen-bond donors (Lipinski definition) is 2. The van der Waals surface area contributed by atoms with Gasteiger partial charge in [0.15, 0.2) is 0 Å². The summed E-state index contributed by atoms with van der Waals surface area (Å²) in [4.78, 5) is 14.1. The lowest BCUT2D eigenvalue weighted by atomic mass is 10.1. The predicted molar refractivity (Wildman–Crippen MR) is 70.4 cm³/mol. The van der Waals surface area contributed by atoms with Crippen molar-refractivity contribution < 1.29 is 9.90 Å². The molecule has 100 valence electrons. The Morgan fingerprint density at radius 1 is 1.56 bits per heavy atom. The van der Waals surface area contributed by atoms with Crippen LogP contribution in [-0.2, 0) is 0 Å². The molecule has 0 aromatic carbocycles. The van der Waals surface area contributed by atoms with Crippen LogP contribution < -0.4 is 5.73 Å². The number of β-amino-alcohol motifs (C(OH)–C–C–N with tert-alkyl or cyclic N) is 1. The number of aromatic nitrogens is 1. The van der Waals surface area contributed by atoms with Gasteiger partial charge in [-0.2, -0.15) is 0 Å². The van der Waals surface area contributed by atoms with Gasteiger partial charge in [-0.15, -0.1) is 0 Å². The summed E-state index contributed by atoms with van der Waals surface area (Å²) in [6.45, 7) is 5.16. The first-order chi connectivity index (χ1) is 8.49. The number of carbonyl (C=O) groups excluding carboxylic acids is 1. The molecule has 1 aromatic heterocycles. The number of hydrogen-bond acceptors (Lipinski definition) is 3. The van der Waals surface area contributed by atoms with E-state index in [1.54, 1.807) is 17.2 Å². The highest BCUT2D eigenvalue weighted by Gasteiger charge is 2.25. The van der Waals surface area contributed by atoms with Gasteiger partial charge in [0, 0.05) is 25.3 Å². The molecule has 0 bridgehead atoms. The fourth-order valence-electron chi connectivity index (χ4n) is 2.40. The van der Waals surface area contributed by atoms with Gasteiger partial charge in [-0.25, -0.2) is 0 Å². The number of nitrogens with two attached hydrogens (primary N) is 1. The Kier molecular flexibility index (Phi) is 3.61. The van der Waals surface area contributed by atoms with Crippen LogP contribution >= 0.6 is 0 Å². The number of aliphatic hydroxyl groups excluding tert-OH is 1. The molecule has 0 spiro atoms. The van der Waals surface area contributed by atoms with Crippen molar-refractivity contribution in [2.75, 3.05) is 18.8 Å². The predicted octanol–water partition coefficient (Wildman–Crippen LogP) is 1.25. The molecule has 0 radical (unpaired) electrons. The Balaban J connectivity index is 2.22. The van der Waals surface area contributed by atoms with Crippen molar-refractivity contribution in [3.05, 3.63) is 18.0 Å². The minimum Gasteiger partial charge on any atom is -0.397 e. The molecule has 1 aliphatic rings. The van der Waals surface area contributed by atoms with Crippen LogP contribution in [0.4, 0.5) is 5.69 Å². The third-order valence-electron chi connectivity index (χ3n) is 3.33. The molecular formula is C13H21N3O2. The molecule has 2 heterocycles. The van der Waals surface area contributed by atoms with Crippen LogP contribution in [0.25, 0.3) is 0 Å². The normalized spacial score (nSPS) is 20.4. The highest BCUT2D eigenvalue weighted by atomic mass is 16.3. The number of aliphatic hydroxyl groups is 1. The average Bonchev–Trinajstić information content (AvgIpc) is 2.70. The summed E-state index contributed by atoms with van der Waals surface area (Å²) in [7, 11) is 0. The molecule has 1 saturated heterocycles. The minimum atomic E-state index is -0.400. The van der Waals surface area contributed by atoms with Crippen LogP contribution in [0, 0.1) is 0 Å². The van der Waals surface area contributed by atoms with Crippen molar-refractivity contribution >= 4 is 11.6 Å². The maximum atomic E-state index is 12.4. The highest BCUT2D eigenvalue weighted by molar-refractivity contribution is 5.94. The van der Waals surface area contributed by atoms with Crippen LogP contribution in [0.1, 0.15) is 43.2 Å². The Labute approximate surface area is 107 Å². The van der Waals surface area contributed by atoms with Gasteiger partial charge in [-0.1, -0.05) is 0 Å². The Morgan fingerprint density at radius 2 is 2.28 bits per heavy atom. The van der Waals surface area contributed by atoms with Gasteiger partial charge in [0.1, 0.15) is 5.69 Å². The summed E-state index contributed by atoms with van der Waals surface area (Å²) in [6.07, 6.45) is 3.02. The lowest BCUT2D eigenvalue weighted by molar-refractivity contribution is 0.0464. The van der Waals surface area contributed by atoms with Gasteiger partial charge >= 0.3 is 0 Å². The molecule has 1 aromatic rings. The minimum absolute atomic E-state index is 0.0425. The molecule has 5 heteroatoms. The SMILES string of the molecule is CC(C)n1cc(N)cc1C(=O)N1CCCC(O)C1. The summed E-state index contributed by atoms with van der Waals surface area (Å²) in [6, 6.07) is 1.90. The largest absolute Gasteiger partial charge is 0.397 e. The molecule has 1 amide bonds. The molecule has 18 heavy (non-hydrogen) atoms. The van der Waals surface area contributed by atoms with E-state index in [1.807, 2.05) is 18.4 Å². The fourth-order valence-corrected chi connectivity index (χ4v) is 2.40. The number of likely N-dealkylation sites (tertiary alicyclic amines) is 1. The van der Waals surface area contributed by atoms with Crippen molar-refractivity contribution in [1.82, 2.24) is 9.47 Å². The first kappa shape index (κ1) is 13.0. The quantitative estimate of drug-likeness (QED) is 0.831. The topological polar surface area (TPSA) is 71.5 Å². The van der Waals surface area contributed by atoms with E-state index in [2.05, 4.69) is 0 Å². The van der Waals surface area contributed by atoms with E-state index in [0.717, 1.165) is 12.8 Å². The van der Waals surface area contributed by atoms with Crippen LogP contribution in [-0.4, -0.2) is 39.7 Å². The summed E-state index contributed by atoms with van der Waals surface area (Å²) in [5.41, 5.74) is 6.98. The van der Waals surface area contributed by atoms with Gasteiger partial charge in [0.2, 0.25) is 0 Å². The van der Waals surface area contributed by atoms with Crippen LogP contribution in [0.5, 0.6) is 0 Å². The van der Waals surface area contributed by atoms with Gasteiger partial charge in [-0.3, -0.25) is 4.79 Å². The third-order valence-corrected chi connectivity index (χ3v) is 3.33. The van der Waals surface area contributed by atoms with E-state index in [4.69, 9.17) is 5.73 Å². The number of anilines is 1. The smallest absolute Gasteiger partial charge is 0.270 e. The van der Waals surface area contributed by atoms with E-state index in [1.165, 1.54) is 0 Å². The lowest BCUT2D eigenvalue weighted by Gasteiger charge is -2.30. The van der Waals surface area contributed by atoms with E-state index < -0.39 is 6.10 Å². The Morgan fingerprint density at radius 3 is 2.89 bits per heavy atom. The van der Waals surface area contributed by atoms with Crippen LogP contribution in [0.15, 0.2) is 12.3 Å². The number of rotatable bonds is 2. The maximum Gasteiger partial charge on any atom is 0.270 e. The molecule has 2 rings (SSSR count). The zero-order valence-electron chi connectivity index (χ0n) is 11.0. The van der Waals surface area contributed by atoms with Gasteiger partial charge in [-0.05, 0) is 32.8 Å². The molecule has 1 atom stereocenters. The zero-order chi connectivity index (χ0) is 13.3. The second kappa shape index (κ2) is 5.02.